The third kappa shape index (κ3) is 4.88. The molecule has 2 aromatic rings. The zero-order valence-corrected chi connectivity index (χ0v) is 15.1. The molecule has 4 heteroatoms. The first-order valence-corrected chi connectivity index (χ1v) is 9.23. The van der Waals surface area contributed by atoms with Crippen molar-refractivity contribution < 1.29 is 9.53 Å². The highest BCUT2D eigenvalue weighted by atomic mass is 16.5. The Bertz CT molecular complexity index is 734. The van der Waals surface area contributed by atoms with Crippen molar-refractivity contribution in [2.45, 2.75) is 25.7 Å². The fourth-order valence-corrected chi connectivity index (χ4v) is 3.22. The zero-order valence-electron chi connectivity index (χ0n) is 15.1. The van der Waals surface area contributed by atoms with Gasteiger partial charge in [0.15, 0.2) is 6.61 Å². The number of amides is 1. The molecule has 0 unspecified atom stereocenters. The van der Waals surface area contributed by atoms with Gasteiger partial charge in [0.05, 0.1) is 0 Å². The maximum atomic E-state index is 12.2. The number of hydrogen-bond donors (Lipinski definition) is 1. The number of nitrogens with one attached hydrogen (secondary N) is 1. The van der Waals surface area contributed by atoms with E-state index in [1.165, 1.54) is 24.9 Å². The van der Waals surface area contributed by atoms with Crippen LogP contribution in [0.3, 0.4) is 0 Å². The second-order valence-electron chi connectivity index (χ2n) is 6.53. The van der Waals surface area contributed by atoms with Crippen LogP contribution in [-0.2, 0) is 11.2 Å². The molecule has 0 atom stereocenters. The molecule has 0 bridgehead atoms. The third-order valence-electron chi connectivity index (χ3n) is 4.57. The predicted molar refractivity (Wildman–Crippen MR) is 107 cm³/mol. The number of rotatable bonds is 7. The molecule has 3 rings (SSSR count). The Hall–Kier alpha value is -2.75. The van der Waals surface area contributed by atoms with E-state index >= 15 is 0 Å². The summed E-state index contributed by atoms with van der Waals surface area (Å²) in [5.41, 5.74) is 3.04. The fourth-order valence-electron chi connectivity index (χ4n) is 3.22. The van der Waals surface area contributed by atoms with E-state index in [4.69, 9.17) is 4.74 Å². The van der Waals surface area contributed by atoms with Crippen LogP contribution in [0, 0.1) is 0 Å². The fraction of sp³-hybridized carbons (Fsp3) is 0.318. The summed E-state index contributed by atoms with van der Waals surface area (Å²) in [4.78, 5) is 14.6. The number of anilines is 2. The van der Waals surface area contributed by atoms with Gasteiger partial charge in [-0.05, 0) is 61.6 Å². The van der Waals surface area contributed by atoms with Gasteiger partial charge in [-0.15, -0.1) is 6.58 Å². The summed E-state index contributed by atoms with van der Waals surface area (Å²) in [5, 5.41) is 2.89. The minimum absolute atomic E-state index is 0.0119. The van der Waals surface area contributed by atoms with Crippen LogP contribution in [0.25, 0.3) is 0 Å². The van der Waals surface area contributed by atoms with Crippen molar-refractivity contribution in [3.63, 3.8) is 0 Å². The van der Waals surface area contributed by atoms with Crippen LogP contribution in [-0.4, -0.2) is 25.6 Å². The molecular formula is C22H26N2O2. The van der Waals surface area contributed by atoms with Crippen molar-refractivity contribution in [3.05, 3.63) is 66.7 Å². The van der Waals surface area contributed by atoms with Crippen molar-refractivity contribution >= 4 is 17.3 Å². The number of carbonyl (C=O) groups is 1. The van der Waals surface area contributed by atoms with Crippen molar-refractivity contribution in [2.75, 3.05) is 29.9 Å². The van der Waals surface area contributed by atoms with Crippen LogP contribution in [0.1, 0.15) is 24.8 Å². The van der Waals surface area contributed by atoms with E-state index in [2.05, 4.69) is 28.9 Å². The lowest BCUT2D eigenvalue weighted by molar-refractivity contribution is -0.118. The number of piperidine rings is 1. The molecule has 4 nitrogen and oxygen atoms in total. The highest BCUT2D eigenvalue weighted by Crippen LogP contribution is 2.22. The van der Waals surface area contributed by atoms with E-state index in [9.17, 15) is 4.79 Å². The number of allylic oxidation sites excluding steroid dienone is 1. The van der Waals surface area contributed by atoms with E-state index in [0.29, 0.717) is 0 Å². The molecule has 0 aliphatic carbocycles. The largest absolute Gasteiger partial charge is 0.483 e. The molecule has 0 aromatic heterocycles. The number of ether oxygens (including phenoxy) is 1. The van der Waals surface area contributed by atoms with Crippen molar-refractivity contribution in [1.29, 1.82) is 0 Å². The van der Waals surface area contributed by atoms with E-state index in [0.717, 1.165) is 36.5 Å². The molecule has 26 heavy (non-hydrogen) atoms. The first-order chi connectivity index (χ1) is 12.8. The number of nitrogens with zero attached hydrogens (tertiary/aromatic N) is 1. The van der Waals surface area contributed by atoms with Crippen LogP contribution >= 0.6 is 0 Å². The summed E-state index contributed by atoms with van der Waals surface area (Å²) in [6, 6.07) is 15.8. The van der Waals surface area contributed by atoms with Crippen LogP contribution in [0.5, 0.6) is 5.75 Å². The van der Waals surface area contributed by atoms with Crippen molar-refractivity contribution in [1.82, 2.24) is 0 Å². The lowest BCUT2D eigenvalue weighted by Gasteiger charge is -2.28. The second-order valence-corrected chi connectivity index (χ2v) is 6.53. The smallest absolute Gasteiger partial charge is 0.262 e. The van der Waals surface area contributed by atoms with Gasteiger partial charge in [0.2, 0.25) is 0 Å². The minimum Gasteiger partial charge on any atom is -0.483 e. The van der Waals surface area contributed by atoms with E-state index in [-0.39, 0.29) is 12.5 Å². The first-order valence-electron chi connectivity index (χ1n) is 9.23. The van der Waals surface area contributed by atoms with E-state index in [1.807, 2.05) is 42.5 Å². The molecule has 0 saturated carbocycles. The minimum atomic E-state index is -0.163. The molecule has 1 saturated heterocycles. The Balaban J connectivity index is 1.52. The normalized spacial score (nSPS) is 13.9. The van der Waals surface area contributed by atoms with E-state index in [1.54, 1.807) is 0 Å². The van der Waals surface area contributed by atoms with Gasteiger partial charge in [0.1, 0.15) is 5.75 Å². The van der Waals surface area contributed by atoms with Gasteiger partial charge in [0, 0.05) is 24.5 Å². The van der Waals surface area contributed by atoms with Crippen molar-refractivity contribution in [3.8, 4) is 5.75 Å². The van der Waals surface area contributed by atoms with Crippen molar-refractivity contribution in [2.24, 2.45) is 0 Å². The number of hydrogen-bond acceptors (Lipinski definition) is 3. The Kier molecular flexibility index (Phi) is 6.31. The molecule has 1 amide bonds. The van der Waals surface area contributed by atoms with Gasteiger partial charge in [-0.1, -0.05) is 24.3 Å². The summed E-state index contributed by atoms with van der Waals surface area (Å²) in [6.45, 7) is 5.97. The van der Waals surface area contributed by atoms with Gasteiger partial charge >= 0.3 is 0 Å². The molecule has 136 valence electrons. The molecule has 1 aliphatic rings. The highest BCUT2D eigenvalue weighted by molar-refractivity contribution is 5.92. The van der Waals surface area contributed by atoms with E-state index < -0.39 is 0 Å². The Morgan fingerprint density at radius 3 is 2.54 bits per heavy atom. The molecule has 0 spiro atoms. The number of carbonyl (C=O) groups excluding carboxylic acids is 1. The van der Waals surface area contributed by atoms with Crippen LogP contribution < -0.4 is 15.0 Å². The Morgan fingerprint density at radius 2 is 1.81 bits per heavy atom. The number of para-hydroxylation sites is 1. The lowest BCUT2D eigenvalue weighted by Crippen LogP contribution is -2.29. The molecule has 1 fully saturated rings. The maximum Gasteiger partial charge on any atom is 0.262 e. The first kappa shape index (κ1) is 18.1. The maximum absolute atomic E-state index is 12.2. The lowest BCUT2D eigenvalue weighted by atomic mass is 10.1. The summed E-state index contributed by atoms with van der Waals surface area (Å²) in [6.07, 6.45) is 6.37. The summed E-state index contributed by atoms with van der Waals surface area (Å²) < 4.78 is 5.67. The third-order valence-corrected chi connectivity index (χ3v) is 4.57. The zero-order chi connectivity index (χ0) is 18.2. The average Bonchev–Trinajstić information content (AvgIpc) is 2.69. The molecular weight excluding hydrogens is 324 g/mol. The monoisotopic (exact) mass is 350 g/mol. The van der Waals surface area contributed by atoms with Crippen LogP contribution in [0.2, 0.25) is 0 Å². The van der Waals surface area contributed by atoms with Gasteiger partial charge in [-0.3, -0.25) is 4.79 Å². The second kappa shape index (κ2) is 9.09. The highest BCUT2D eigenvalue weighted by Gasteiger charge is 2.11. The van der Waals surface area contributed by atoms with Gasteiger partial charge < -0.3 is 15.0 Å². The van der Waals surface area contributed by atoms with Crippen LogP contribution in [0.15, 0.2) is 61.2 Å². The summed E-state index contributed by atoms with van der Waals surface area (Å²) in [5.74, 6) is 0.562. The average molecular weight is 350 g/mol. The predicted octanol–water partition coefficient (Wildman–Crippen LogP) is 4.42. The molecule has 0 radical (unpaired) electrons. The van der Waals surface area contributed by atoms with Gasteiger partial charge in [-0.25, -0.2) is 0 Å². The Labute approximate surface area is 155 Å². The molecule has 1 N–H and O–H groups in total. The molecule has 2 aromatic carbocycles. The quantitative estimate of drug-likeness (QED) is 0.752. The summed E-state index contributed by atoms with van der Waals surface area (Å²) in [7, 11) is 0. The Morgan fingerprint density at radius 1 is 1.08 bits per heavy atom. The molecule has 1 aliphatic heterocycles. The van der Waals surface area contributed by atoms with Crippen LogP contribution in [0.4, 0.5) is 11.4 Å². The standard InChI is InChI=1S/C22H26N2O2/c1-2-8-18-9-4-5-10-21(18)26-17-22(25)23-19-11-13-20(14-12-19)24-15-6-3-7-16-24/h2,4-5,9-14H,1,3,6-8,15-17H2,(H,23,25). The molecule has 1 heterocycles. The number of benzene rings is 2. The SMILES string of the molecule is C=CCc1ccccc1OCC(=O)Nc1ccc(N2CCCCC2)cc1. The summed E-state index contributed by atoms with van der Waals surface area (Å²) >= 11 is 0. The van der Waals surface area contributed by atoms with Gasteiger partial charge in [0.25, 0.3) is 5.91 Å². The van der Waals surface area contributed by atoms with Gasteiger partial charge in [-0.2, -0.15) is 0 Å². The topological polar surface area (TPSA) is 41.6 Å².